The molecule has 1 aromatic rings. The number of hydrogen-bond donors (Lipinski definition) is 2. The molecule has 0 bridgehead atoms. The number of hydrogen-bond acceptors (Lipinski definition) is 4. The van der Waals surface area contributed by atoms with Gasteiger partial charge in [0, 0.05) is 24.2 Å². The van der Waals surface area contributed by atoms with Crippen LogP contribution in [0.2, 0.25) is 0 Å². The molecular formula is C15H23N3O3. The predicted octanol–water partition coefficient (Wildman–Crippen LogP) is 2.47. The first-order valence-electron chi connectivity index (χ1n) is 7.15. The van der Waals surface area contributed by atoms with Crippen LogP contribution in [0.5, 0.6) is 0 Å². The number of amides is 1. The number of nitrogens with one attached hydrogen (secondary N) is 2. The van der Waals surface area contributed by atoms with Crippen LogP contribution in [0, 0.1) is 17.0 Å². The highest BCUT2D eigenvalue weighted by molar-refractivity contribution is 5.81. The Morgan fingerprint density at radius 1 is 1.38 bits per heavy atom. The van der Waals surface area contributed by atoms with E-state index in [1.54, 1.807) is 26.0 Å². The summed E-state index contributed by atoms with van der Waals surface area (Å²) in [5.74, 6) is -0.0645. The Morgan fingerprint density at radius 3 is 2.62 bits per heavy atom. The lowest BCUT2D eigenvalue weighted by molar-refractivity contribution is -0.385. The molecule has 116 valence electrons. The zero-order valence-electron chi connectivity index (χ0n) is 13.0. The zero-order chi connectivity index (χ0) is 16.0. The van der Waals surface area contributed by atoms with Gasteiger partial charge in [-0.25, -0.2) is 0 Å². The molecule has 6 heteroatoms. The van der Waals surface area contributed by atoms with Crippen molar-refractivity contribution in [1.29, 1.82) is 0 Å². The second-order valence-electron chi connectivity index (χ2n) is 5.20. The highest BCUT2D eigenvalue weighted by atomic mass is 16.6. The molecule has 0 heterocycles. The van der Waals surface area contributed by atoms with E-state index in [1.165, 1.54) is 0 Å². The number of nitro benzene ring substituents is 1. The fourth-order valence-electron chi connectivity index (χ4n) is 2.04. The number of nitro groups is 1. The van der Waals surface area contributed by atoms with Crippen molar-refractivity contribution in [1.82, 2.24) is 10.6 Å². The third-order valence-corrected chi connectivity index (χ3v) is 3.37. The van der Waals surface area contributed by atoms with Gasteiger partial charge in [0.2, 0.25) is 5.91 Å². The van der Waals surface area contributed by atoms with Crippen LogP contribution in [-0.2, 0) is 4.79 Å². The molecule has 0 saturated heterocycles. The summed E-state index contributed by atoms with van der Waals surface area (Å²) in [5, 5.41) is 16.9. The number of carbonyl (C=O) groups is 1. The number of benzene rings is 1. The van der Waals surface area contributed by atoms with E-state index in [9.17, 15) is 14.9 Å². The van der Waals surface area contributed by atoms with E-state index in [-0.39, 0.29) is 28.6 Å². The van der Waals surface area contributed by atoms with Gasteiger partial charge in [-0.15, -0.1) is 0 Å². The molecule has 1 amide bonds. The summed E-state index contributed by atoms with van der Waals surface area (Å²) in [6, 6.07) is 4.63. The number of carbonyl (C=O) groups excluding carboxylic acids is 1. The van der Waals surface area contributed by atoms with Crippen molar-refractivity contribution in [2.75, 3.05) is 6.54 Å². The maximum atomic E-state index is 11.8. The molecule has 1 rings (SSSR count). The molecule has 1 aromatic carbocycles. The van der Waals surface area contributed by atoms with Crippen LogP contribution in [0.1, 0.15) is 44.4 Å². The molecule has 2 N–H and O–H groups in total. The molecule has 6 nitrogen and oxygen atoms in total. The Morgan fingerprint density at radius 2 is 2.05 bits per heavy atom. The van der Waals surface area contributed by atoms with Gasteiger partial charge in [0.1, 0.15) is 0 Å². The maximum Gasteiger partial charge on any atom is 0.272 e. The van der Waals surface area contributed by atoms with Crippen molar-refractivity contribution in [3.8, 4) is 0 Å². The van der Waals surface area contributed by atoms with Gasteiger partial charge in [0.05, 0.1) is 11.0 Å². The van der Waals surface area contributed by atoms with Gasteiger partial charge in [-0.3, -0.25) is 20.2 Å². The van der Waals surface area contributed by atoms with E-state index in [4.69, 9.17) is 0 Å². The molecule has 0 aliphatic heterocycles. The van der Waals surface area contributed by atoms with E-state index >= 15 is 0 Å². The molecule has 0 saturated carbocycles. The molecule has 0 aliphatic carbocycles. The first kappa shape index (κ1) is 17.1. The summed E-state index contributed by atoms with van der Waals surface area (Å²) in [7, 11) is 0. The molecule has 0 spiro atoms. The summed E-state index contributed by atoms with van der Waals surface area (Å²) < 4.78 is 0. The van der Waals surface area contributed by atoms with Gasteiger partial charge in [-0.05, 0) is 32.8 Å². The highest BCUT2D eigenvalue weighted by Gasteiger charge is 2.18. The third kappa shape index (κ3) is 4.82. The van der Waals surface area contributed by atoms with Crippen LogP contribution < -0.4 is 10.6 Å². The molecule has 0 fully saturated rings. The van der Waals surface area contributed by atoms with Crippen LogP contribution in [0.15, 0.2) is 18.2 Å². The third-order valence-electron chi connectivity index (χ3n) is 3.37. The minimum absolute atomic E-state index is 0.0645. The van der Waals surface area contributed by atoms with Crippen LogP contribution in [0.3, 0.4) is 0 Å². The van der Waals surface area contributed by atoms with E-state index in [0.717, 1.165) is 12.0 Å². The number of aryl methyl sites for hydroxylation is 1. The second kappa shape index (κ2) is 7.73. The zero-order valence-corrected chi connectivity index (χ0v) is 13.0. The van der Waals surface area contributed by atoms with Gasteiger partial charge in [0.15, 0.2) is 0 Å². The molecule has 0 radical (unpaired) electrons. The summed E-state index contributed by atoms with van der Waals surface area (Å²) in [6.45, 7) is 8.02. The Bertz CT molecular complexity index is 517. The molecular weight excluding hydrogens is 270 g/mol. The van der Waals surface area contributed by atoms with Gasteiger partial charge in [-0.2, -0.15) is 0 Å². The fraction of sp³-hybridized carbons (Fsp3) is 0.533. The van der Waals surface area contributed by atoms with Gasteiger partial charge in [-0.1, -0.05) is 19.1 Å². The first-order valence-corrected chi connectivity index (χ1v) is 7.15. The van der Waals surface area contributed by atoms with Crippen LogP contribution >= 0.6 is 0 Å². The van der Waals surface area contributed by atoms with Crippen molar-refractivity contribution in [2.24, 2.45) is 0 Å². The summed E-state index contributed by atoms with van der Waals surface area (Å²) in [5.41, 5.74) is 1.52. The van der Waals surface area contributed by atoms with Crippen LogP contribution in [0.25, 0.3) is 0 Å². The van der Waals surface area contributed by atoms with E-state index in [1.807, 2.05) is 19.9 Å². The lowest BCUT2D eigenvalue weighted by Gasteiger charge is -2.20. The first-order chi connectivity index (χ1) is 9.86. The number of nitrogens with zero attached hydrogens (tertiary/aromatic N) is 1. The SMILES string of the molecule is CCCNC(=O)C(C)NC(C)c1ccc(C)c([N+](=O)[O-])c1. The predicted molar refractivity (Wildman–Crippen MR) is 82.1 cm³/mol. The lowest BCUT2D eigenvalue weighted by Crippen LogP contribution is -2.43. The number of rotatable bonds is 7. The van der Waals surface area contributed by atoms with Crippen LogP contribution in [-0.4, -0.2) is 23.4 Å². The summed E-state index contributed by atoms with van der Waals surface area (Å²) in [6.07, 6.45) is 0.887. The van der Waals surface area contributed by atoms with Crippen molar-refractivity contribution >= 4 is 11.6 Å². The molecule has 2 unspecified atom stereocenters. The van der Waals surface area contributed by atoms with Crippen molar-refractivity contribution < 1.29 is 9.72 Å². The lowest BCUT2D eigenvalue weighted by atomic mass is 10.0. The largest absolute Gasteiger partial charge is 0.355 e. The molecule has 0 aliphatic rings. The van der Waals surface area contributed by atoms with Gasteiger partial charge in [0.25, 0.3) is 5.69 Å². The topological polar surface area (TPSA) is 84.3 Å². The smallest absolute Gasteiger partial charge is 0.272 e. The summed E-state index contributed by atoms with van der Waals surface area (Å²) in [4.78, 5) is 22.4. The Balaban J connectivity index is 2.75. The molecule has 0 aromatic heterocycles. The molecule has 21 heavy (non-hydrogen) atoms. The van der Waals surface area contributed by atoms with E-state index in [0.29, 0.717) is 12.1 Å². The minimum atomic E-state index is -0.386. The van der Waals surface area contributed by atoms with E-state index in [2.05, 4.69) is 10.6 Å². The second-order valence-corrected chi connectivity index (χ2v) is 5.20. The van der Waals surface area contributed by atoms with Crippen LogP contribution in [0.4, 0.5) is 5.69 Å². The molecule has 2 atom stereocenters. The standard InChI is InChI=1S/C15H23N3O3/c1-5-8-16-15(19)12(4)17-11(3)13-7-6-10(2)14(9-13)18(20)21/h6-7,9,11-12,17H,5,8H2,1-4H3,(H,16,19). The maximum absolute atomic E-state index is 11.8. The average Bonchev–Trinajstić information content (AvgIpc) is 2.44. The monoisotopic (exact) mass is 293 g/mol. The van der Waals surface area contributed by atoms with E-state index < -0.39 is 0 Å². The Kier molecular flexibility index (Phi) is 6.30. The quantitative estimate of drug-likeness (QED) is 0.597. The Hall–Kier alpha value is -1.95. The average molecular weight is 293 g/mol. The Labute approximate surface area is 125 Å². The van der Waals surface area contributed by atoms with Crippen molar-refractivity contribution in [3.63, 3.8) is 0 Å². The van der Waals surface area contributed by atoms with Crippen molar-refractivity contribution in [3.05, 3.63) is 39.4 Å². The summed E-state index contributed by atoms with van der Waals surface area (Å²) >= 11 is 0. The van der Waals surface area contributed by atoms with Gasteiger partial charge >= 0.3 is 0 Å². The van der Waals surface area contributed by atoms with Crippen molar-refractivity contribution in [2.45, 2.75) is 46.2 Å². The normalized spacial score (nSPS) is 13.5. The highest BCUT2D eigenvalue weighted by Crippen LogP contribution is 2.23. The van der Waals surface area contributed by atoms with Gasteiger partial charge < -0.3 is 5.32 Å². The fourth-order valence-corrected chi connectivity index (χ4v) is 2.04. The minimum Gasteiger partial charge on any atom is -0.355 e.